The van der Waals surface area contributed by atoms with Gasteiger partial charge in [-0.05, 0) is 38.5 Å². The SMILES string of the molecule is Cc1ccc(N2CCN(CC(C)(C)O)CC2)c(N)c1. The molecule has 4 heteroatoms. The maximum absolute atomic E-state index is 9.85. The molecule has 1 aromatic rings. The molecule has 0 atom stereocenters. The van der Waals surface area contributed by atoms with E-state index in [9.17, 15) is 5.11 Å². The maximum atomic E-state index is 9.85. The van der Waals surface area contributed by atoms with Gasteiger partial charge in [0.05, 0.1) is 17.0 Å². The van der Waals surface area contributed by atoms with Gasteiger partial charge >= 0.3 is 0 Å². The monoisotopic (exact) mass is 263 g/mol. The third-order valence-electron chi connectivity index (χ3n) is 3.51. The molecule has 1 fully saturated rings. The lowest BCUT2D eigenvalue weighted by atomic mass is 10.1. The molecule has 4 nitrogen and oxygen atoms in total. The second-order valence-corrected chi connectivity index (χ2v) is 6.14. The fourth-order valence-electron chi connectivity index (χ4n) is 2.66. The highest BCUT2D eigenvalue weighted by molar-refractivity contribution is 5.68. The van der Waals surface area contributed by atoms with Gasteiger partial charge in [0.15, 0.2) is 0 Å². The van der Waals surface area contributed by atoms with E-state index < -0.39 is 5.60 Å². The van der Waals surface area contributed by atoms with Crippen LogP contribution in [0.4, 0.5) is 11.4 Å². The van der Waals surface area contributed by atoms with Crippen LogP contribution in [0.1, 0.15) is 19.4 Å². The van der Waals surface area contributed by atoms with Crippen LogP contribution in [0, 0.1) is 6.92 Å². The average molecular weight is 263 g/mol. The predicted octanol–water partition coefficient (Wildman–Crippen LogP) is 1.47. The van der Waals surface area contributed by atoms with Gasteiger partial charge < -0.3 is 15.7 Å². The van der Waals surface area contributed by atoms with Crippen molar-refractivity contribution in [1.82, 2.24) is 4.90 Å². The van der Waals surface area contributed by atoms with E-state index in [1.807, 2.05) is 19.9 Å². The van der Waals surface area contributed by atoms with Gasteiger partial charge in [-0.1, -0.05) is 6.07 Å². The Balaban J connectivity index is 1.96. The Labute approximate surface area is 115 Å². The van der Waals surface area contributed by atoms with Crippen molar-refractivity contribution in [2.45, 2.75) is 26.4 Å². The van der Waals surface area contributed by atoms with E-state index in [2.05, 4.69) is 28.9 Å². The molecule has 0 aliphatic carbocycles. The Morgan fingerprint density at radius 1 is 1.21 bits per heavy atom. The van der Waals surface area contributed by atoms with E-state index in [4.69, 9.17) is 5.73 Å². The van der Waals surface area contributed by atoms with Crippen LogP contribution in [0.3, 0.4) is 0 Å². The highest BCUT2D eigenvalue weighted by Crippen LogP contribution is 2.25. The number of β-amino-alcohol motifs (C(OH)–C–C–N with tert-alkyl or cyclic N) is 1. The van der Waals surface area contributed by atoms with E-state index in [1.165, 1.54) is 5.56 Å². The summed E-state index contributed by atoms with van der Waals surface area (Å²) in [6.45, 7) is 10.4. The van der Waals surface area contributed by atoms with E-state index in [0.717, 1.165) is 44.1 Å². The van der Waals surface area contributed by atoms with Crippen molar-refractivity contribution in [1.29, 1.82) is 0 Å². The van der Waals surface area contributed by atoms with Gasteiger partial charge in [0.1, 0.15) is 0 Å². The van der Waals surface area contributed by atoms with Crippen molar-refractivity contribution >= 4 is 11.4 Å². The largest absolute Gasteiger partial charge is 0.397 e. The molecule has 2 rings (SSSR count). The molecule has 0 saturated carbocycles. The van der Waals surface area contributed by atoms with Crippen molar-refractivity contribution in [3.05, 3.63) is 23.8 Å². The molecule has 1 aromatic carbocycles. The number of piperazine rings is 1. The molecule has 3 N–H and O–H groups in total. The Morgan fingerprint density at radius 2 is 1.84 bits per heavy atom. The molecular formula is C15H25N3O. The Kier molecular flexibility index (Phi) is 4.02. The third kappa shape index (κ3) is 3.85. The first-order chi connectivity index (χ1) is 8.85. The summed E-state index contributed by atoms with van der Waals surface area (Å²) >= 11 is 0. The molecule has 0 aromatic heterocycles. The summed E-state index contributed by atoms with van der Waals surface area (Å²) in [6, 6.07) is 6.24. The van der Waals surface area contributed by atoms with E-state index in [0.29, 0.717) is 0 Å². The number of nitrogens with two attached hydrogens (primary N) is 1. The van der Waals surface area contributed by atoms with Gasteiger partial charge in [-0.3, -0.25) is 4.90 Å². The van der Waals surface area contributed by atoms with Crippen molar-refractivity contribution in [3.63, 3.8) is 0 Å². The molecule has 0 bridgehead atoms. The summed E-state index contributed by atoms with van der Waals surface area (Å²) in [4.78, 5) is 4.64. The highest BCUT2D eigenvalue weighted by atomic mass is 16.3. The molecule has 1 heterocycles. The van der Waals surface area contributed by atoms with Gasteiger partial charge in [-0.15, -0.1) is 0 Å². The third-order valence-corrected chi connectivity index (χ3v) is 3.51. The second-order valence-electron chi connectivity index (χ2n) is 6.14. The van der Waals surface area contributed by atoms with Gasteiger partial charge in [0.25, 0.3) is 0 Å². The van der Waals surface area contributed by atoms with Gasteiger partial charge in [0.2, 0.25) is 0 Å². The van der Waals surface area contributed by atoms with Crippen LogP contribution in [-0.4, -0.2) is 48.3 Å². The number of aliphatic hydroxyl groups is 1. The number of rotatable bonds is 3. The zero-order valence-electron chi connectivity index (χ0n) is 12.2. The number of hydrogen-bond acceptors (Lipinski definition) is 4. The van der Waals surface area contributed by atoms with Crippen molar-refractivity contribution in [3.8, 4) is 0 Å². The smallest absolute Gasteiger partial charge is 0.0718 e. The first-order valence-electron chi connectivity index (χ1n) is 6.91. The summed E-state index contributed by atoms with van der Waals surface area (Å²) in [5.74, 6) is 0. The minimum atomic E-state index is -0.620. The van der Waals surface area contributed by atoms with Crippen LogP contribution in [0.2, 0.25) is 0 Å². The van der Waals surface area contributed by atoms with E-state index in [-0.39, 0.29) is 0 Å². The zero-order chi connectivity index (χ0) is 14.0. The van der Waals surface area contributed by atoms with Gasteiger partial charge in [-0.2, -0.15) is 0 Å². The summed E-state index contributed by atoms with van der Waals surface area (Å²) in [5.41, 5.74) is 8.66. The van der Waals surface area contributed by atoms with Crippen LogP contribution >= 0.6 is 0 Å². The zero-order valence-corrected chi connectivity index (χ0v) is 12.2. The minimum absolute atomic E-state index is 0.620. The first kappa shape index (κ1) is 14.2. The molecule has 106 valence electrons. The van der Waals surface area contributed by atoms with E-state index in [1.54, 1.807) is 0 Å². The Bertz CT molecular complexity index is 432. The lowest BCUT2D eigenvalue weighted by molar-refractivity contribution is 0.0345. The van der Waals surface area contributed by atoms with Crippen molar-refractivity contribution in [2.75, 3.05) is 43.4 Å². The van der Waals surface area contributed by atoms with Gasteiger partial charge in [-0.25, -0.2) is 0 Å². The summed E-state index contributed by atoms with van der Waals surface area (Å²) in [7, 11) is 0. The van der Waals surface area contributed by atoms with Crippen LogP contribution in [-0.2, 0) is 0 Å². The second kappa shape index (κ2) is 5.39. The Morgan fingerprint density at radius 3 is 2.37 bits per heavy atom. The van der Waals surface area contributed by atoms with Gasteiger partial charge in [0, 0.05) is 32.7 Å². The highest BCUT2D eigenvalue weighted by Gasteiger charge is 2.23. The molecule has 0 spiro atoms. The number of anilines is 2. The molecule has 0 radical (unpaired) electrons. The molecule has 0 unspecified atom stereocenters. The number of nitrogens with zero attached hydrogens (tertiary/aromatic N) is 2. The quantitative estimate of drug-likeness (QED) is 0.811. The van der Waals surface area contributed by atoms with Crippen molar-refractivity contribution in [2.24, 2.45) is 0 Å². The van der Waals surface area contributed by atoms with E-state index >= 15 is 0 Å². The van der Waals surface area contributed by atoms with Crippen molar-refractivity contribution < 1.29 is 5.11 Å². The molecule has 1 aliphatic rings. The molecule has 1 aliphatic heterocycles. The molecule has 0 amide bonds. The number of benzene rings is 1. The lowest BCUT2D eigenvalue weighted by Crippen LogP contribution is -2.50. The normalized spacial score (nSPS) is 17.8. The molecule has 19 heavy (non-hydrogen) atoms. The minimum Gasteiger partial charge on any atom is -0.397 e. The topological polar surface area (TPSA) is 52.7 Å². The predicted molar refractivity (Wildman–Crippen MR) is 80.5 cm³/mol. The maximum Gasteiger partial charge on any atom is 0.0718 e. The molecule has 1 saturated heterocycles. The van der Waals surface area contributed by atoms with Crippen LogP contribution < -0.4 is 10.6 Å². The summed E-state index contributed by atoms with van der Waals surface area (Å²) in [6.07, 6.45) is 0. The van der Waals surface area contributed by atoms with Crippen LogP contribution in [0.25, 0.3) is 0 Å². The van der Waals surface area contributed by atoms with Crippen LogP contribution in [0.5, 0.6) is 0 Å². The fourth-order valence-corrected chi connectivity index (χ4v) is 2.66. The Hall–Kier alpha value is -1.26. The average Bonchev–Trinajstić information content (AvgIpc) is 2.28. The number of aryl methyl sites for hydroxylation is 1. The number of nitrogen functional groups attached to an aromatic ring is 1. The van der Waals surface area contributed by atoms with Crippen LogP contribution in [0.15, 0.2) is 18.2 Å². The standard InChI is InChI=1S/C15H25N3O/c1-12-4-5-14(13(16)10-12)18-8-6-17(7-9-18)11-15(2,3)19/h4-5,10,19H,6-9,11,16H2,1-3H3. The first-order valence-corrected chi connectivity index (χ1v) is 6.91. The molecular weight excluding hydrogens is 238 g/mol. The summed E-state index contributed by atoms with van der Waals surface area (Å²) in [5, 5.41) is 9.85. The summed E-state index contributed by atoms with van der Waals surface area (Å²) < 4.78 is 0. The number of hydrogen-bond donors (Lipinski definition) is 2. The fraction of sp³-hybridized carbons (Fsp3) is 0.600. The lowest BCUT2D eigenvalue weighted by Gasteiger charge is -2.38.